The number of ether oxygens (including phenoxy) is 1. The summed E-state index contributed by atoms with van der Waals surface area (Å²) in [5, 5.41) is 2.92. The fourth-order valence-electron chi connectivity index (χ4n) is 2.26. The average molecular weight is 325 g/mol. The van der Waals surface area contributed by atoms with Crippen LogP contribution in [0, 0.1) is 0 Å². The fourth-order valence-corrected chi connectivity index (χ4v) is 2.26. The lowest BCUT2D eigenvalue weighted by Gasteiger charge is -2.19. The van der Waals surface area contributed by atoms with Gasteiger partial charge in [0.25, 0.3) is 5.91 Å². The molecule has 1 atom stereocenters. The highest BCUT2D eigenvalue weighted by Crippen LogP contribution is 2.23. The van der Waals surface area contributed by atoms with Gasteiger partial charge in [0.1, 0.15) is 5.75 Å². The van der Waals surface area contributed by atoms with Crippen molar-refractivity contribution >= 4 is 11.6 Å². The molecule has 0 aliphatic carbocycles. The van der Waals surface area contributed by atoms with Crippen LogP contribution in [0.1, 0.15) is 57.0 Å². The maximum absolute atomic E-state index is 12.3. The van der Waals surface area contributed by atoms with Crippen LogP contribution in [0.5, 0.6) is 5.75 Å². The fraction of sp³-hybridized carbons (Fsp3) is 0.381. The predicted octanol–water partition coefficient (Wildman–Crippen LogP) is 5.41. The summed E-state index contributed by atoms with van der Waals surface area (Å²) in [6, 6.07) is 15.2. The van der Waals surface area contributed by atoms with E-state index in [0.29, 0.717) is 5.56 Å². The smallest absolute Gasteiger partial charge is 0.255 e. The van der Waals surface area contributed by atoms with E-state index >= 15 is 0 Å². The second-order valence-corrected chi connectivity index (χ2v) is 7.14. The third kappa shape index (κ3) is 4.85. The minimum Gasteiger partial charge on any atom is -0.491 e. The van der Waals surface area contributed by atoms with Gasteiger partial charge in [-0.15, -0.1) is 0 Å². The molecule has 0 aliphatic rings. The van der Waals surface area contributed by atoms with Crippen LogP contribution in [-0.4, -0.2) is 12.0 Å². The Labute approximate surface area is 145 Å². The van der Waals surface area contributed by atoms with E-state index in [1.165, 1.54) is 5.56 Å². The Kier molecular flexibility index (Phi) is 5.66. The first kappa shape index (κ1) is 18.1. The molecule has 3 heteroatoms. The monoisotopic (exact) mass is 325 g/mol. The number of nitrogens with one attached hydrogen (secondary N) is 1. The molecule has 0 aliphatic heterocycles. The van der Waals surface area contributed by atoms with Gasteiger partial charge in [-0.25, -0.2) is 0 Å². The third-order valence-corrected chi connectivity index (χ3v) is 4.04. The van der Waals surface area contributed by atoms with Crippen molar-refractivity contribution < 1.29 is 9.53 Å². The molecule has 0 radical (unpaired) electrons. The summed E-state index contributed by atoms with van der Waals surface area (Å²) in [7, 11) is 0. The highest BCUT2D eigenvalue weighted by atomic mass is 16.5. The van der Waals surface area contributed by atoms with E-state index in [4.69, 9.17) is 4.74 Å². The lowest BCUT2D eigenvalue weighted by Crippen LogP contribution is -2.14. The Morgan fingerprint density at radius 3 is 2.12 bits per heavy atom. The Balaban J connectivity index is 2.01. The van der Waals surface area contributed by atoms with Gasteiger partial charge in [0.2, 0.25) is 0 Å². The number of carbonyl (C=O) groups is 1. The summed E-state index contributed by atoms with van der Waals surface area (Å²) < 4.78 is 5.74. The van der Waals surface area contributed by atoms with Crippen LogP contribution in [-0.2, 0) is 5.41 Å². The van der Waals surface area contributed by atoms with E-state index in [2.05, 4.69) is 33.0 Å². The molecule has 0 heterocycles. The molecule has 0 saturated heterocycles. The van der Waals surface area contributed by atoms with Crippen molar-refractivity contribution in [1.82, 2.24) is 0 Å². The van der Waals surface area contributed by atoms with Crippen molar-refractivity contribution in [3.05, 3.63) is 59.7 Å². The van der Waals surface area contributed by atoms with Crippen LogP contribution in [0.2, 0.25) is 0 Å². The molecule has 1 unspecified atom stereocenters. The normalized spacial score (nSPS) is 12.5. The van der Waals surface area contributed by atoms with E-state index in [0.717, 1.165) is 17.9 Å². The van der Waals surface area contributed by atoms with Gasteiger partial charge in [0, 0.05) is 11.3 Å². The summed E-state index contributed by atoms with van der Waals surface area (Å²) in [6.45, 7) is 10.6. The maximum atomic E-state index is 12.3. The average Bonchev–Trinajstić information content (AvgIpc) is 2.55. The second kappa shape index (κ2) is 7.52. The molecule has 128 valence electrons. The van der Waals surface area contributed by atoms with Crippen LogP contribution in [0.4, 0.5) is 5.69 Å². The van der Waals surface area contributed by atoms with Gasteiger partial charge in [-0.05, 0) is 60.7 Å². The number of rotatable bonds is 5. The van der Waals surface area contributed by atoms with Crippen LogP contribution >= 0.6 is 0 Å². The Morgan fingerprint density at radius 2 is 1.62 bits per heavy atom. The summed E-state index contributed by atoms with van der Waals surface area (Å²) in [5.41, 5.74) is 2.71. The summed E-state index contributed by atoms with van der Waals surface area (Å²) in [5.74, 6) is 0.711. The van der Waals surface area contributed by atoms with E-state index < -0.39 is 0 Å². The molecule has 2 aromatic rings. The maximum Gasteiger partial charge on any atom is 0.255 e. The van der Waals surface area contributed by atoms with E-state index in [9.17, 15) is 4.79 Å². The summed E-state index contributed by atoms with van der Waals surface area (Å²) in [6.07, 6.45) is 1.15. The molecular weight excluding hydrogens is 298 g/mol. The predicted molar refractivity (Wildman–Crippen MR) is 99.9 cm³/mol. The van der Waals surface area contributed by atoms with Gasteiger partial charge in [-0.2, -0.15) is 0 Å². The highest BCUT2D eigenvalue weighted by Gasteiger charge is 2.14. The molecule has 0 fully saturated rings. The Hall–Kier alpha value is -2.29. The molecule has 0 aromatic heterocycles. The zero-order chi connectivity index (χ0) is 17.7. The van der Waals surface area contributed by atoms with Crippen molar-refractivity contribution in [2.75, 3.05) is 5.32 Å². The lowest BCUT2D eigenvalue weighted by atomic mass is 9.87. The van der Waals surface area contributed by atoms with Gasteiger partial charge in [0.15, 0.2) is 0 Å². The molecule has 2 rings (SSSR count). The number of hydrogen-bond donors (Lipinski definition) is 1. The molecule has 24 heavy (non-hydrogen) atoms. The number of carbonyl (C=O) groups excluding carboxylic acids is 1. The highest BCUT2D eigenvalue weighted by molar-refractivity contribution is 6.04. The van der Waals surface area contributed by atoms with Crippen molar-refractivity contribution in [3.63, 3.8) is 0 Å². The number of anilines is 1. The van der Waals surface area contributed by atoms with Crippen molar-refractivity contribution in [1.29, 1.82) is 0 Å². The quantitative estimate of drug-likeness (QED) is 0.798. The van der Waals surface area contributed by atoms with Gasteiger partial charge in [0.05, 0.1) is 6.10 Å². The van der Waals surface area contributed by atoms with Crippen LogP contribution in [0.3, 0.4) is 0 Å². The number of benzene rings is 2. The molecule has 1 N–H and O–H groups in total. The van der Waals surface area contributed by atoms with Crippen molar-refractivity contribution in [2.24, 2.45) is 0 Å². The van der Waals surface area contributed by atoms with Crippen LogP contribution in [0.15, 0.2) is 48.5 Å². The van der Waals surface area contributed by atoms with Gasteiger partial charge in [-0.3, -0.25) is 4.79 Å². The second-order valence-electron chi connectivity index (χ2n) is 7.14. The zero-order valence-corrected chi connectivity index (χ0v) is 15.2. The summed E-state index contributed by atoms with van der Waals surface area (Å²) >= 11 is 0. The zero-order valence-electron chi connectivity index (χ0n) is 15.2. The van der Waals surface area contributed by atoms with Gasteiger partial charge >= 0.3 is 0 Å². The molecule has 0 saturated carbocycles. The molecule has 3 nitrogen and oxygen atoms in total. The Bertz CT molecular complexity index is 666. The molecular formula is C21H27NO2. The molecule has 0 spiro atoms. The minimum absolute atomic E-state index is 0.0838. The van der Waals surface area contributed by atoms with Gasteiger partial charge in [-0.1, -0.05) is 39.8 Å². The first-order valence-electron chi connectivity index (χ1n) is 8.48. The molecule has 1 amide bonds. The largest absolute Gasteiger partial charge is 0.491 e. The number of amides is 1. The Morgan fingerprint density at radius 1 is 1.04 bits per heavy atom. The van der Waals surface area contributed by atoms with Crippen molar-refractivity contribution in [3.8, 4) is 5.75 Å². The summed E-state index contributed by atoms with van der Waals surface area (Å²) in [4.78, 5) is 12.3. The lowest BCUT2D eigenvalue weighted by molar-refractivity contribution is 0.102. The molecule has 2 aromatic carbocycles. The standard InChI is InChI=1S/C21H27NO2/c1-6-15(2)24-19-13-11-18(12-14-19)22-20(23)16-7-9-17(10-8-16)21(3,4)5/h7-15H,6H2,1-5H3,(H,22,23). The number of hydrogen-bond acceptors (Lipinski definition) is 2. The first-order valence-corrected chi connectivity index (χ1v) is 8.48. The SMILES string of the molecule is CCC(C)Oc1ccc(NC(=O)c2ccc(C(C)(C)C)cc2)cc1. The third-order valence-electron chi connectivity index (χ3n) is 4.04. The van der Waals surface area contributed by atoms with Crippen molar-refractivity contribution in [2.45, 2.75) is 52.6 Å². The van der Waals surface area contributed by atoms with Crippen LogP contribution in [0.25, 0.3) is 0 Å². The topological polar surface area (TPSA) is 38.3 Å². The van der Waals surface area contributed by atoms with E-state index in [1.54, 1.807) is 0 Å². The first-order chi connectivity index (χ1) is 11.3. The van der Waals surface area contributed by atoms with Crippen LogP contribution < -0.4 is 10.1 Å². The van der Waals surface area contributed by atoms with Gasteiger partial charge < -0.3 is 10.1 Å². The van der Waals surface area contributed by atoms with E-state index in [1.807, 2.05) is 55.5 Å². The molecule has 0 bridgehead atoms. The minimum atomic E-state index is -0.106. The van der Waals surface area contributed by atoms with E-state index in [-0.39, 0.29) is 17.4 Å².